The molecular weight excluding hydrogens is 363 g/mol. The molecule has 0 atom stereocenters. The molecule has 0 radical (unpaired) electrons. The van der Waals surface area contributed by atoms with Gasteiger partial charge in [0.15, 0.2) is 0 Å². The third-order valence-electron chi connectivity index (χ3n) is 4.37. The van der Waals surface area contributed by atoms with Gasteiger partial charge in [-0.2, -0.15) is 0 Å². The average molecular weight is 372 g/mol. The van der Waals surface area contributed by atoms with Crippen LogP contribution in [0.15, 0.2) is 67.8 Å². The van der Waals surface area contributed by atoms with Crippen molar-refractivity contribution in [3.63, 3.8) is 0 Å². The van der Waals surface area contributed by atoms with Gasteiger partial charge < -0.3 is 26.1 Å². The predicted molar refractivity (Wildman–Crippen MR) is 95.7 cm³/mol. The molecule has 0 fully saturated rings. The molecule has 8 heteroatoms. The molecule has 3 heterocycles. The fourth-order valence-electron chi connectivity index (χ4n) is 3.51. The average Bonchev–Trinajstić information content (AvgIpc) is 2.60. The fraction of sp³-hybridized carbons (Fsp3) is 0. The molecule has 0 aliphatic carbocycles. The van der Waals surface area contributed by atoms with Crippen LogP contribution in [-0.2, 0) is 0 Å². The second kappa shape index (κ2) is 5.36. The van der Waals surface area contributed by atoms with Crippen molar-refractivity contribution in [3.8, 4) is 11.1 Å². The first-order chi connectivity index (χ1) is 12.9. The first kappa shape index (κ1) is 15.9. The molecule has 0 saturated heterocycles. The molecule has 2 aliphatic rings. The first-order valence-electron chi connectivity index (χ1n) is 8.08. The topological polar surface area (TPSA) is 37.6 Å². The van der Waals surface area contributed by atoms with Gasteiger partial charge in [-0.05, 0) is 36.4 Å². The standard InChI is InChI=1S/C19H9O3.BF4/c1-4-10-16-11(5-1)21-13-7-3-9-15-18(13)19(16)17-12(20-10)6-2-8-14(17)22-15;2-1(3,4)5/h1-9H;/q+1;-1. The van der Waals surface area contributed by atoms with E-state index in [2.05, 4.69) is 0 Å². The normalized spacial score (nSPS) is 12.4. The van der Waals surface area contributed by atoms with Crippen LogP contribution in [0, 0.1) is 0 Å². The molecule has 3 nitrogen and oxygen atoms in total. The minimum absolute atomic E-state index is 0.833. The predicted octanol–water partition coefficient (Wildman–Crippen LogP) is 7.20. The van der Waals surface area contributed by atoms with E-state index >= 15 is 0 Å². The lowest BCUT2D eigenvalue weighted by Crippen LogP contribution is -2.02. The third-order valence-corrected chi connectivity index (χ3v) is 4.37. The van der Waals surface area contributed by atoms with E-state index in [-0.39, 0.29) is 0 Å². The van der Waals surface area contributed by atoms with Gasteiger partial charge >= 0.3 is 18.4 Å². The molecule has 0 bridgehead atoms. The van der Waals surface area contributed by atoms with Gasteiger partial charge in [0.25, 0.3) is 0 Å². The zero-order valence-electron chi connectivity index (χ0n) is 13.5. The van der Waals surface area contributed by atoms with Gasteiger partial charge in [-0.1, -0.05) is 6.07 Å². The Morgan fingerprint density at radius 1 is 0.593 bits per heavy atom. The van der Waals surface area contributed by atoms with Crippen molar-refractivity contribution in [2.24, 2.45) is 0 Å². The van der Waals surface area contributed by atoms with Crippen molar-refractivity contribution < 1.29 is 30.5 Å². The summed E-state index contributed by atoms with van der Waals surface area (Å²) in [5.74, 6) is 0. The van der Waals surface area contributed by atoms with E-state index in [0.717, 1.165) is 55.4 Å². The molecule has 0 saturated carbocycles. The van der Waals surface area contributed by atoms with E-state index in [0.29, 0.717) is 0 Å². The molecule has 0 amide bonds. The molecule has 3 aromatic carbocycles. The third kappa shape index (κ3) is 2.48. The van der Waals surface area contributed by atoms with Crippen molar-refractivity contribution in [3.05, 3.63) is 54.6 Å². The SMILES string of the molecule is F[B-](F)(F)F.c1cc2oc3cccc4[o+]c5cccc6oc(c1)c2-c(c34)c65. The van der Waals surface area contributed by atoms with Crippen LogP contribution in [0.5, 0.6) is 0 Å². The summed E-state index contributed by atoms with van der Waals surface area (Å²) >= 11 is 0. The Morgan fingerprint density at radius 2 is 1.00 bits per heavy atom. The summed E-state index contributed by atoms with van der Waals surface area (Å²) < 4.78 is 57.2. The number of halogens is 4. The Morgan fingerprint density at radius 3 is 1.48 bits per heavy atom. The summed E-state index contributed by atoms with van der Waals surface area (Å²) in [5, 5.41) is 2.04. The number of hydrogen-bond acceptors (Lipinski definition) is 2. The first-order valence-corrected chi connectivity index (χ1v) is 8.08. The Balaban J connectivity index is 0.000000288. The maximum Gasteiger partial charge on any atom is 0.673 e. The minimum Gasteiger partial charge on any atom is -0.456 e. The van der Waals surface area contributed by atoms with E-state index < -0.39 is 7.25 Å². The Bertz CT molecular complexity index is 1280. The second-order valence-electron chi connectivity index (χ2n) is 6.06. The van der Waals surface area contributed by atoms with Gasteiger partial charge in [-0.3, -0.25) is 0 Å². The summed E-state index contributed by atoms with van der Waals surface area (Å²) in [6.45, 7) is 0. The summed E-state index contributed by atoms with van der Waals surface area (Å²) in [5.41, 5.74) is 7.17. The monoisotopic (exact) mass is 372 g/mol. The summed E-state index contributed by atoms with van der Waals surface area (Å²) in [4.78, 5) is 0. The summed E-state index contributed by atoms with van der Waals surface area (Å²) in [6, 6.07) is 17.7. The van der Waals surface area contributed by atoms with E-state index in [9.17, 15) is 17.3 Å². The zero-order chi connectivity index (χ0) is 18.8. The van der Waals surface area contributed by atoms with Crippen LogP contribution in [0.25, 0.3) is 55.4 Å². The fourth-order valence-corrected chi connectivity index (χ4v) is 3.51. The van der Waals surface area contributed by atoms with Crippen molar-refractivity contribution in [1.29, 1.82) is 0 Å². The smallest absolute Gasteiger partial charge is 0.456 e. The maximum atomic E-state index is 9.75. The highest BCUT2D eigenvalue weighted by Crippen LogP contribution is 2.47. The van der Waals surface area contributed by atoms with Crippen LogP contribution in [0.2, 0.25) is 0 Å². The molecule has 0 unspecified atom stereocenters. The van der Waals surface area contributed by atoms with Crippen molar-refractivity contribution in [2.45, 2.75) is 0 Å². The van der Waals surface area contributed by atoms with Gasteiger partial charge in [0.1, 0.15) is 33.1 Å². The van der Waals surface area contributed by atoms with Gasteiger partial charge in [0.2, 0.25) is 0 Å². The number of hydrogen-bond donors (Lipinski definition) is 0. The van der Waals surface area contributed by atoms with Crippen LogP contribution >= 0.6 is 0 Å². The van der Waals surface area contributed by atoms with Crippen LogP contribution in [0.3, 0.4) is 0 Å². The largest absolute Gasteiger partial charge is 0.673 e. The quantitative estimate of drug-likeness (QED) is 0.0930. The maximum absolute atomic E-state index is 9.75. The van der Waals surface area contributed by atoms with Gasteiger partial charge in [0.05, 0.1) is 5.56 Å². The van der Waals surface area contributed by atoms with Crippen LogP contribution in [0.4, 0.5) is 17.3 Å². The van der Waals surface area contributed by atoms with Gasteiger partial charge in [-0.15, -0.1) is 0 Å². The number of rotatable bonds is 0. The molecule has 0 N–H and O–H groups in total. The molecule has 134 valence electrons. The van der Waals surface area contributed by atoms with E-state index in [1.807, 2.05) is 54.6 Å². The van der Waals surface area contributed by atoms with E-state index in [1.165, 1.54) is 0 Å². The highest BCUT2D eigenvalue weighted by atomic mass is 19.5. The minimum atomic E-state index is -6.00. The molecule has 4 aromatic rings. The molecule has 1 aromatic heterocycles. The van der Waals surface area contributed by atoms with E-state index in [1.54, 1.807) is 0 Å². The highest BCUT2D eigenvalue weighted by Gasteiger charge is 2.30. The molecule has 6 rings (SSSR count). The van der Waals surface area contributed by atoms with Crippen molar-refractivity contribution >= 4 is 51.5 Å². The van der Waals surface area contributed by atoms with Gasteiger partial charge in [0, 0.05) is 17.7 Å². The van der Waals surface area contributed by atoms with Crippen molar-refractivity contribution in [1.82, 2.24) is 0 Å². The van der Waals surface area contributed by atoms with Crippen LogP contribution < -0.4 is 0 Å². The number of benzene rings is 3. The van der Waals surface area contributed by atoms with Crippen LogP contribution in [0.1, 0.15) is 0 Å². The second-order valence-corrected chi connectivity index (χ2v) is 6.06. The summed E-state index contributed by atoms with van der Waals surface area (Å²) in [7, 11) is -6.00. The molecular formula is C19H9BF4O3. The van der Waals surface area contributed by atoms with Crippen LogP contribution in [-0.4, -0.2) is 7.25 Å². The van der Waals surface area contributed by atoms with Crippen molar-refractivity contribution in [2.75, 3.05) is 0 Å². The molecule has 0 spiro atoms. The van der Waals surface area contributed by atoms with E-state index in [4.69, 9.17) is 13.3 Å². The summed E-state index contributed by atoms with van der Waals surface area (Å²) in [6.07, 6.45) is 0. The Labute approximate surface area is 148 Å². The Kier molecular flexibility index (Phi) is 3.16. The molecule has 27 heavy (non-hydrogen) atoms. The lowest BCUT2D eigenvalue weighted by molar-refractivity contribution is 0.368. The highest BCUT2D eigenvalue weighted by molar-refractivity contribution is 6.50. The lowest BCUT2D eigenvalue weighted by atomic mass is 9.93. The lowest BCUT2D eigenvalue weighted by Gasteiger charge is -2.14. The molecule has 2 aliphatic heterocycles. The Hall–Kier alpha value is -3.29. The zero-order valence-corrected chi connectivity index (χ0v) is 13.5. The van der Waals surface area contributed by atoms with Gasteiger partial charge in [-0.25, -0.2) is 4.42 Å².